The number of carbonyl (C=O) groups is 1. The highest BCUT2D eigenvalue weighted by molar-refractivity contribution is 5.96. The molecular weight excluding hydrogens is 334 g/mol. The molecule has 0 bridgehead atoms. The minimum absolute atomic E-state index is 0.261. The highest BCUT2D eigenvalue weighted by Gasteiger charge is 2.13. The van der Waals surface area contributed by atoms with Gasteiger partial charge >= 0.3 is 0 Å². The largest absolute Gasteiger partial charge is 0.475 e. The molecule has 3 aromatic rings. The maximum Gasteiger partial charge on any atom is 0.257 e. The molecular formula is C18H19N5O3. The normalized spacial score (nSPS) is 10.5. The third-order valence-electron chi connectivity index (χ3n) is 3.54. The SMILES string of the molecule is COCCOc1ncccc1C(=O)NCc1ccnc(-n2cccn2)c1. The van der Waals surface area contributed by atoms with Crippen molar-refractivity contribution in [3.8, 4) is 11.7 Å². The minimum Gasteiger partial charge on any atom is -0.475 e. The molecule has 0 saturated carbocycles. The molecule has 26 heavy (non-hydrogen) atoms. The number of methoxy groups -OCH3 is 1. The summed E-state index contributed by atoms with van der Waals surface area (Å²) >= 11 is 0. The van der Waals surface area contributed by atoms with Gasteiger partial charge in [-0.05, 0) is 35.9 Å². The summed E-state index contributed by atoms with van der Waals surface area (Å²) in [6.07, 6.45) is 6.76. The number of carbonyl (C=O) groups excluding carboxylic acids is 1. The van der Waals surface area contributed by atoms with Crippen LogP contribution >= 0.6 is 0 Å². The average molecular weight is 353 g/mol. The molecule has 0 aliphatic rings. The van der Waals surface area contributed by atoms with Crippen LogP contribution in [-0.2, 0) is 11.3 Å². The number of pyridine rings is 2. The second-order valence-electron chi connectivity index (χ2n) is 5.35. The molecule has 0 unspecified atom stereocenters. The van der Waals surface area contributed by atoms with Crippen LogP contribution in [0.3, 0.4) is 0 Å². The van der Waals surface area contributed by atoms with Crippen molar-refractivity contribution >= 4 is 5.91 Å². The fourth-order valence-electron chi connectivity index (χ4n) is 2.28. The smallest absolute Gasteiger partial charge is 0.257 e. The van der Waals surface area contributed by atoms with E-state index in [2.05, 4.69) is 20.4 Å². The topological polar surface area (TPSA) is 91.2 Å². The fourth-order valence-corrected chi connectivity index (χ4v) is 2.28. The Balaban J connectivity index is 1.65. The van der Waals surface area contributed by atoms with E-state index in [1.54, 1.807) is 42.5 Å². The highest BCUT2D eigenvalue weighted by Crippen LogP contribution is 2.14. The third-order valence-corrected chi connectivity index (χ3v) is 3.54. The van der Waals surface area contributed by atoms with Gasteiger partial charge in [0.2, 0.25) is 5.88 Å². The Bertz CT molecular complexity index is 852. The van der Waals surface area contributed by atoms with Crippen molar-refractivity contribution in [1.82, 2.24) is 25.1 Å². The quantitative estimate of drug-likeness (QED) is 0.619. The average Bonchev–Trinajstić information content (AvgIpc) is 3.22. The molecule has 0 spiro atoms. The molecule has 0 radical (unpaired) electrons. The molecule has 3 heterocycles. The van der Waals surface area contributed by atoms with Gasteiger partial charge in [-0.1, -0.05) is 0 Å². The lowest BCUT2D eigenvalue weighted by Gasteiger charge is -2.10. The zero-order valence-electron chi connectivity index (χ0n) is 14.3. The summed E-state index contributed by atoms with van der Waals surface area (Å²) in [5.74, 6) is 0.712. The van der Waals surface area contributed by atoms with Crippen LogP contribution in [0.1, 0.15) is 15.9 Å². The van der Waals surface area contributed by atoms with E-state index in [0.29, 0.717) is 31.1 Å². The summed E-state index contributed by atoms with van der Waals surface area (Å²) < 4.78 is 12.1. The summed E-state index contributed by atoms with van der Waals surface area (Å²) in [6.45, 7) is 1.10. The monoisotopic (exact) mass is 353 g/mol. The van der Waals surface area contributed by atoms with E-state index in [1.165, 1.54) is 0 Å². The number of amides is 1. The molecule has 1 amide bonds. The highest BCUT2D eigenvalue weighted by atomic mass is 16.5. The van der Waals surface area contributed by atoms with E-state index >= 15 is 0 Å². The van der Waals surface area contributed by atoms with Gasteiger partial charge in [-0.2, -0.15) is 5.10 Å². The van der Waals surface area contributed by atoms with Crippen LogP contribution in [0.5, 0.6) is 5.88 Å². The second kappa shape index (κ2) is 8.72. The van der Waals surface area contributed by atoms with E-state index in [-0.39, 0.29) is 11.8 Å². The standard InChI is InChI=1S/C18H19N5O3/c1-25-10-11-26-18-15(4-2-6-20-18)17(24)21-13-14-5-8-19-16(12-14)23-9-3-7-22-23/h2-9,12H,10-11,13H2,1H3,(H,21,24). The van der Waals surface area contributed by atoms with Gasteiger partial charge in [0.15, 0.2) is 5.82 Å². The Hall–Kier alpha value is -3.26. The number of hydrogen-bond acceptors (Lipinski definition) is 6. The number of rotatable bonds is 8. The van der Waals surface area contributed by atoms with E-state index in [4.69, 9.17) is 9.47 Å². The van der Waals surface area contributed by atoms with Gasteiger partial charge in [-0.3, -0.25) is 4.79 Å². The molecule has 8 nitrogen and oxygen atoms in total. The molecule has 0 aromatic carbocycles. The minimum atomic E-state index is -0.261. The van der Waals surface area contributed by atoms with Crippen LogP contribution < -0.4 is 10.1 Å². The molecule has 0 fully saturated rings. The maximum absolute atomic E-state index is 12.5. The van der Waals surface area contributed by atoms with Crippen LogP contribution in [0.25, 0.3) is 5.82 Å². The molecule has 3 aromatic heterocycles. The van der Waals surface area contributed by atoms with Crippen molar-refractivity contribution in [2.45, 2.75) is 6.54 Å². The zero-order chi connectivity index (χ0) is 18.2. The molecule has 3 rings (SSSR count). The Morgan fingerprint density at radius 3 is 2.88 bits per heavy atom. The lowest BCUT2D eigenvalue weighted by molar-refractivity contribution is 0.0941. The number of ether oxygens (including phenoxy) is 2. The van der Waals surface area contributed by atoms with Crippen LogP contribution in [0.2, 0.25) is 0 Å². The van der Waals surface area contributed by atoms with Gasteiger partial charge < -0.3 is 14.8 Å². The Labute approximate surface area is 150 Å². The van der Waals surface area contributed by atoms with Gasteiger partial charge in [0, 0.05) is 38.4 Å². The number of aromatic nitrogens is 4. The molecule has 0 saturated heterocycles. The van der Waals surface area contributed by atoms with E-state index in [0.717, 1.165) is 5.56 Å². The van der Waals surface area contributed by atoms with E-state index in [1.807, 2.05) is 24.4 Å². The summed E-state index contributed by atoms with van der Waals surface area (Å²) in [7, 11) is 1.58. The lowest BCUT2D eigenvalue weighted by atomic mass is 10.2. The summed E-state index contributed by atoms with van der Waals surface area (Å²) in [5.41, 5.74) is 1.29. The van der Waals surface area contributed by atoms with Gasteiger partial charge in [0.1, 0.15) is 12.2 Å². The van der Waals surface area contributed by atoms with Gasteiger partial charge in [-0.25, -0.2) is 14.6 Å². The van der Waals surface area contributed by atoms with Crippen molar-refractivity contribution < 1.29 is 14.3 Å². The molecule has 8 heteroatoms. The fraction of sp³-hybridized carbons (Fsp3) is 0.222. The first kappa shape index (κ1) is 17.6. The first-order valence-corrected chi connectivity index (χ1v) is 8.08. The van der Waals surface area contributed by atoms with Crippen molar-refractivity contribution in [3.63, 3.8) is 0 Å². The Kier molecular flexibility index (Phi) is 5.89. The summed E-state index contributed by atoms with van der Waals surface area (Å²) in [6, 6.07) is 8.90. The van der Waals surface area contributed by atoms with Crippen molar-refractivity contribution in [1.29, 1.82) is 0 Å². The lowest BCUT2D eigenvalue weighted by Crippen LogP contribution is -2.24. The van der Waals surface area contributed by atoms with Gasteiger partial charge in [0.05, 0.1) is 6.61 Å². The summed E-state index contributed by atoms with van der Waals surface area (Å²) in [4.78, 5) is 20.9. The van der Waals surface area contributed by atoms with Crippen molar-refractivity contribution in [2.75, 3.05) is 20.3 Å². The van der Waals surface area contributed by atoms with Crippen molar-refractivity contribution in [2.24, 2.45) is 0 Å². The molecule has 0 aliphatic carbocycles. The van der Waals surface area contributed by atoms with Crippen LogP contribution in [-0.4, -0.2) is 46.0 Å². The van der Waals surface area contributed by atoms with Crippen LogP contribution in [0.4, 0.5) is 0 Å². The first-order chi connectivity index (χ1) is 12.8. The number of nitrogens with one attached hydrogen (secondary N) is 1. The van der Waals surface area contributed by atoms with E-state index in [9.17, 15) is 4.79 Å². The maximum atomic E-state index is 12.5. The molecule has 134 valence electrons. The summed E-state index contributed by atoms with van der Waals surface area (Å²) in [5, 5.41) is 7.02. The Morgan fingerprint density at radius 1 is 1.15 bits per heavy atom. The predicted molar refractivity (Wildman–Crippen MR) is 94.1 cm³/mol. The first-order valence-electron chi connectivity index (χ1n) is 8.08. The van der Waals surface area contributed by atoms with Gasteiger partial charge in [0.25, 0.3) is 5.91 Å². The number of hydrogen-bond donors (Lipinski definition) is 1. The van der Waals surface area contributed by atoms with Crippen molar-refractivity contribution in [3.05, 3.63) is 66.2 Å². The van der Waals surface area contributed by atoms with Gasteiger partial charge in [-0.15, -0.1) is 0 Å². The molecule has 1 N–H and O–H groups in total. The molecule has 0 atom stereocenters. The third kappa shape index (κ3) is 4.42. The Morgan fingerprint density at radius 2 is 2.08 bits per heavy atom. The predicted octanol–water partition coefficient (Wildman–Crippen LogP) is 1.62. The van der Waals surface area contributed by atoms with Crippen LogP contribution in [0.15, 0.2) is 55.1 Å². The molecule has 0 aliphatic heterocycles. The second-order valence-corrected chi connectivity index (χ2v) is 5.35. The van der Waals surface area contributed by atoms with Crippen LogP contribution in [0, 0.1) is 0 Å². The van der Waals surface area contributed by atoms with E-state index < -0.39 is 0 Å². The number of nitrogens with zero attached hydrogens (tertiary/aromatic N) is 4. The zero-order valence-corrected chi connectivity index (χ0v) is 14.3.